The zero-order chi connectivity index (χ0) is 19.1. The second kappa shape index (κ2) is 9.33. The molecule has 0 aliphatic carbocycles. The summed E-state index contributed by atoms with van der Waals surface area (Å²) in [5.74, 6) is 0.493. The maximum atomic E-state index is 12.2. The van der Waals surface area contributed by atoms with Crippen molar-refractivity contribution in [1.29, 1.82) is 0 Å². The molecule has 1 aromatic carbocycles. The summed E-state index contributed by atoms with van der Waals surface area (Å²) in [6, 6.07) is 11.0. The van der Waals surface area contributed by atoms with Crippen molar-refractivity contribution in [2.24, 2.45) is 5.92 Å². The van der Waals surface area contributed by atoms with Crippen molar-refractivity contribution >= 4 is 23.4 Å². The maximum Gasteiger partial charge on any atom is 0.301 e. The first kappa shape index (κ1) is 19.9. The minimum absolute atomic E-state index is 0.0770. The first-order valence-electron chi connectivity index (χ1n) is 8.47. The summed E-state index contributed by atoms with van der Waals surface area (Å²) in [7, 11) is 0. The fraction of sp³-hybridized carbons (Fsp3) is 0.368. The molecule has 26 heavy (non-hydrogen) atoms. The average Bonchev–Trinajstić information content (AvgIpc) is 2.60. The molecule has 0 unspecified atom stereocenters. The van der Waals surface area contributed by atoms with E-state index in [0.29, 0.717) is 5.92 Å². The number of carbonyl (C=O) groups excluding carboxylic acids is 1. The Kier molecular flexibility index (Phi) is 7.15. The Bertz CT molecular complexity index is 763. The van der Waals surface area contributed by atoms with E-state index in [0.717, 1.165) is 23.7 Å². The van der Waals surface area contributed by atoms with E-state index < -0.39 is 4.92 Å². The molecule has 2 rings (SSSR count). The summed E-state index contributed by atoms with van der Waals surface area (Å²) in [6.45, 7) is 6.28. The Morgan fingerprint density at radius 2 is 1.92 bits per heavy atom. The minimum Gasteiger partial charge on any atom is -0.349 e. The Hall–Kier alpha value is -2.41. The molecular formula is C19H23N3O3S. The molecule has 7 heteroatoms. The lowest BCUT2D eigenvalue weighted by Gasteiger charge is -2.15. The van der Waals surface area contributed by atoms with E-state index in [4.69, 9.17) is 0 Å². The Labute approximate surface area is 157 Å². The summed E-state index contributed by atoms with van der Waals surface area (Å²) in [4.78, 5) is 26.6. The van der Waals surface area contributed by atoms with Gasteiger partial charge in [0.15, 0.2) is 5.03 Å². The fourth-order valence-electron chi connectivity index (χ4n) is 2.55. The van der Waals surface area contributed by atoms with Gasteiger partial charge in [-0.25, -0.2) is 4.98 Å². The predicted molar refractivity (Wildman–Crippen MR) is 103 cm³/mol. The van der Waals surface area contributed by atoms with E-state index in [9.17, 15) is 14.9 Å². The van der Waals surface area contributed by atoms with Gasteiger partial charge in [0.1, 0.15) is 0 Å². The van der Waals surface area contributed by atoms with Gasteiger partial charge in [0.05, 0.1) is 16.7 Å². The van der Waals surface area contributed by atoms with Gasteiger partial charge in [0.2, 0.25) is 5.91 Å². The molecule has 0 spiro atoms. The van der Waals surface area contributed by atoms with Gasteiger partial charge in [-0.15, -0.1) is 0 Å². The lowest BCUT2D eigenvalue weighted by molar-refractivity contribution is -0.388. The van der Waals surface area contributed by atoms with Gasteiger partial charge in [0, 0.05) is 12.3 Å². The number of nitrogens with one attached hydrogen (secondary N) is 1. The van der Waals surface area contributed by atoms with E-state index in [2.05, 4.69) is 36.3 Å². The summed E-state index contributed by atoms with van der Waals surface area (Å²) in [5.41, 5.74) is 2.22. The highest BCUT2D eigenvalue weighted by Crippen LogP contribution is 2.26. The van der Waals surface area contributed by atoms with Crippen LogP contribution in [-0.2, 0) is 11.2 Å². The molecule has 1 N–H and O–H groups in total. The van der Waals surface area contributed by atoms with E-state index in [1.165, 1.54) is 23.9 Å². The van der Waals surface area contributed by atoms with Crippen LogP contribution in [0, 0.1) is 16.0 Å². The SMILES string of the molecule is CC(C)Cc1ccc([C@@H](C)NC(=O)CSc2ncccc2[N+](=O)[O-])cc1. The predicted octanol–water partition coefficient (Wildman–Crippen LogP) is 4.16. The van der Waals surface area contributed by atoms with Crippen molar-refractivity contribution in [1.82, 2.24) is 10.3 Å². The molecule has 1 atom stereocenters. The second-order valence-corrected chi connectivity index (χ2v) is 7.47. The molecule has 1 heterocycles. The summed E-state index contributed by atoms with van der Waals surface area (Å²) >= 11 is 1.07. The second-order valence-electron chi connectivity index (χ2n) is 6.50. The number of carbonyl (C=O) groups is 1. The highest BCUT2D eigenvalue weighted by Gasteiger charge is 2.17. The molecule has 0 aliphatic rings. The lowest BCUT2D eigenvalue weighted by Crippen LogP contribution is -2.28. The van der Waals surface area contributed by atoms with Gasteiger partial charge >= 0.3 is 5.69 Å². The zero-order valence-electron chi connectivity index (χ0n) is 15.1. The number of hydrogen-bond donors (Lipinski definition) is 1. The normalized spacial score (nSPS) is 12.0. The average molecular weight is 373 g/mol. The first-order chi connectivity index (χ1) is 12.4. The van der Waals surface area contributed by atoms with Gasteiger partial charge in [-0.1, -0.05) is 49.9 Å². The largest absolute Gasteiger partial charge is 0.349 e. The highest BCUT2D eigenvalue weighted by molar-refractivity contribution is 8.00. The van der Waals surface area contributed by atoms with Crippen LogP contribution in [0.25, 0.3) is 0 Å². The van der Waals surface area contributed by atoms with Crippen LogP contribution in [0.5, 0.6) is 0 Å². The molecule has 138 valence electrons. The number of rotatable bonds is 8. The van der Waals surface area contributed by atoms with Crippen LogP contribution in [0.2, 0.25) is 0 Å². The molecule has 0 saturated heterocycles. The van der Waals surface area contributed by atoms with Crippen molar-refractivity contribution < 1.29 is 9.72 Å². The zero-order valence-corrected chi connectivity index (χ0v) is 16.0. The quantitative estimate of drug-likeness (QED) is 0.427. The third-order valence-corrected chi connectivity index (χ3v) is 4.78. The van der Waals surface area contributed by atoms with E-state index in [-0.39, 0.29) is 28.4 Å². The van der Waals surface area contributed by atoms with Crippen LogP contribution >= 0.6 is 11.8 Å². The Morgan fingerprint density at radius 1 is 1.23 bits per heavy atom. The fourth-order valence-corrected chi connectivity index (χ4v) is 3.32. The number of pyridine rings is 1. The molecule has 0 fully saturated rings. The highest BCUT2D eigenvalue weighted by atomic mass is 32.2. The van der Waals surface area contributed by atoms with Crippen LogP contribution in [0.4, 0.5) is 5.69 Å². The van der Waals surface area contributed by atoms with Crippen molar-refractivity contribution in [3.63, 3.8) is 0 Å². The molecule has 6 nitrogen and oxygen atoms in total. The number of thioether (sulfide) groups is 1. The van der Waals surface area contributed by atoms with Gasteiger partial charge < -0.3 is 5.32 Å². The topological polar surface area (TPSA) is 85.1 Å². The van der Waals surface area contributed by atoms with Crippen molar-refractivity contribution in [3.8, 4) is 0 Å². The summed E-state index contributed by atoms with van der Waals surface area (Å²) < 4.78 is 0. The standard InChI is InChI=1S/C19H23N3O3S/c1-13(2)11-15-6-8-16(9-7-15)14(3)21-18(23)12-26-19-17(22(24)25)5-4-10-20-19/h4-10,13-14H,11-12H2,1-3H3,(H,21,23)/t14-/m1/s1. The number of amides is 1. The van der Waals surface area contributed by atoms with Crippen LogP contribution in [0.1, 0.15) is 37.9 Å². The van der Waals surface area contributed by atoms with Crippen LogP contribution in [0.3, 0.4) is 0 Å². The first-order valence-corrected chi connectivity index (χ1v) is 9.45. The smallest absolute Gasteiger partial charge is 0.301 e. The Morgan fingerprint density at radius 3 is 2.54 bits per heavy atom. The number of nitrogens with zero attached hydrogens (tertiary/aromatic N) is 2. The molecule has 2 aromatic rings. The van der Waals surface area contributed by atoms with Crippen molar-refractivity contribution in [2.75, 3.05) is 5.75 Å². The third-order valence-electron chi connectivity index (χ3n) is 3.79. The van der Waals surface area contributed by atoms with Gasteiger partial charge in [-0.2, -0.15) is 0 Å². The molecule has 0 bridgehead atoms. The van der Waals surface area contributed by atoms with Crippen LogP contribution < -0.4 is 5.32 Å². The van der Waals surface area contributed by atoms with Crippen LogP contribution in [-0.4, -0.2) is 21.6 Å². The van der Waals surface area contributed by atoms with Gasteiger partial charge in [-0.05, 0) is 36.5 Å². The Balaban J connectivity index is 1.90. The molecule has 1 aromatic heterocycles. The molecule has 1 amide bonds. The van der Waals surface area contributed by atoms with Gasteiger partial charge in [-0.3, -0.25) is 14.9 Å². The molecular weight excluding hydrogens is 350 g/mol. The number of hydrogen-bond acceptors (Lipinski definition) is 5. The van der Waals surface area contributed by atoms with Crippen molar-refractivity contribution in [3.05, 3.63) is 63.8 Å². The molecule has 0 radical (unpaired) electrons. The van der Waals surface area contributed by atoms with E-state index >= 15 is 0 Å². The number of aromatic nitrogens is 1. The third kappa shape index (κ3) is 5.84. The monoisotopic (exact) mass is 373 g/mol. The maximum absolute atomic E-state index is 12.2. The lowest BCUT2D eigenvalue weighted by atomic mass is 10.00. The van der Waals surface area contributed by atoms with Crippen molar-refractivity contribution in [2.45, 2.75) is 38.3 Å². The number of nitro groups is 1. The van der Waals surface area contributed by atoms with Gasteiger partial charge in [0.25, 0.3) is 0 Å². The van der Waals surface area contributed by atoms with E-state index in [1.54, 1.807) is 0 Å². The van der Waals surface area contributed by atoms with Crippen LogP contribution in [0.15, 0.2) is 47.6 Å². The summed E-state index contributed by atoms with van der Waals surface area (Å²) in [6.07, 6.45) is 2.51. The molecule has 0 saturated carbocycles. The summed E-state index contributed by atoms with van der Waals surface area (Å²) in [5, 5.41) is 14.1. The minimum atomic E-state index is -0.491. The molecule has 0 aliphatic heterocycles. The van der Waals surface area contributed by atoms with E-state index in [1.807, 2.05) is 19.1 Å². The number of benzene rings is 1.